The fourth-order valence-electron chi connectivity index (χ4n) is 3.42. The van der Waals surface area contributed by atoms with Crippen molar-refractivity contribution in [2.45, 2.75) is 78.6 Å². The summed E-state index contributed by atoms with van der Waals surface area (Å²) < 4.78 is 3.01. The van der Waals surface area contributed by atoms with Crippen LogP contribution in [0.5, 0.6) is 0 Å². The van der Waals surface area contributed by atoms with Crippen LogP contribution in [-0.4, -0.2) is 36.2 Å². The number of unbranched alkanes of at least 4 members (excludes halogenated alkanes) is 3. The smallest absolute Gasteiger partial charge is 0.0831 e. The van der Waals surface area contributed by atoms with Crippen molar-refractivity contribution >= 4 is 7.41 Å². The summed E-state index contributed by atoms with van der Waals surface area (Å²) in [6.07, 6.45) is 17.6. The van der Waals surface area contributed by atoms with E-state index in [0.29, 0.717) is 0 Å². The SMILES string of the molecule is CCCC[P+](CCCC)(CCCC)N1CCCCC1.[Br-]. The Balaban J connectivity index is 0.00000361. The lowest BCUT2D eigenvalue weighted by Gasteiger charge is -2.39. The Kier molecular flexibility index (Phi) is 13.0. The molecule has 3 heteroatoms. The molecule has 0 amide bonds. The zero-order valence-corrected chi connectivity index (χ0v) is 16.7. The van der Waals surface area contributed by atoms with E-state index in [4.69, 9.17) is 0 Å². The summed E-state index contributed by atoms with van der Waals surface area (Å²) in [5.41, 5.74) is 0. The third-order valence-corrected chi connectivity index (χ3v) is 9.76. The Hall–Kier alpha value is 0.870. The Morgan fingerprint density at radius 1 is 0.700 bits per heavy atom. The third-order valence-electron chi connectivity index (χ3n) is 4.72. The number of hydrogen-bond donors (Lipinski definition) is 0. The lowest BCUT2D eigenvalue weighted by Crippen LogP contribution is -3.00. The first-order valence-corrected chi connectivity index (χ1v) is 11.2. The van der Waals surface area contributed by atoms with Crippen LogP contribution in [-0.2, 0) is 0 Å². The standard InChI is InChI=1S/C17H37NP.BrH/c1-4-7-15-19(16-8-5-2,17-9-6-3)18-13-11-10-12-14-18;/h4-17H2,1-3H3;1H/q+1;/p-1. The molecule has 0 N–H and O–H groups in total. The maximum atomic E-state index is 3.01. The maximum Gasteiger partial charge on any atom is 0.0831 e. The second-order valence-electron chi connectivity index (χ2n) is 6.34. The fraction of sp³-hybridized carbons (Fsp3) is 1.00. The third kappa shape index (κ3) is 6.75. The minimum atomic E-state index is -0.788. The second kappa shape index (κ2) is 12.4. The zero-order valence-electron chi connectivity index (χ0n) is 14.2. The summed E-state index contributed by atoms with van der Waals surface area (Å²) in [5.74, 6) is 0. The second-order valence-corrected chi connectivity index (χ2v) is 10.4. The normalized spacial score (nSPS) is 16.9. The molecule has 0 unspecified atom stereocenters. The predicted molar refractivity (Wildman–Crippen MR) is 91.7 cm³/mol. The van der Waals surface area contributed by atoms with Gasteiger partial charge in [0.05, 0.1) is 25.9 Å². The van der Waals surface area contributed by atoms with Gasteiger partial charge in [-0.3, -0.25) is 0 Å². The van der Waals surface area contributed by atoms with Gasteiger partial charge in [0.2, 0.25) is 0 Å². The summed E-state index contributed by atoms with van der Waals surface area (Å²) >= 11 is 0. The van der Waals surface area contributed by atoms with Crippen LogP contribution < -0.4 is 17.0 Å². The van der Waals surface area contributed by atoms with E-state index in [1.54, 1.807) is 18.5 Å². The molecule has 1 heterocycles. The highest BCUT2D eigenvalue weighted by atomic mass is 79.9. The van der Waals surface area contributed by atoms with Crippen molar-refractivity contribution in [3.8, 4) is 0 Å². The van der Waals surface area contributed by atoms with Crippen molar-refractivity contribution < 1.29 is 17.0 Å². The first-order valence-electron chi connectivity index (χ1n) is 8.90. The average molecular weight is 366 g/mol. The average Bonchev–Trinajstić information content (AvgIpc) is 2.48. The van der Waals surface area contributed by atoms with Gasteiger partial charge < -0.3 is 17.0 Å². The van der Waals surface area contributed by atoms with Gasteiger partial charge in [-0.25, -0.2) is 0 Å². The molecule has 1 nitrogen and oxygen atoms in total. The largest absolute Gasteiger partial charge is 1.00 e. The van der Waals surface area contributed by atoms with Crippen LogP contribution in [0, 0.1) is 0 Å². The van der Waals surface area contributed by atoms with E-state index in [2.05, 4.69) is 25.4 Å². The quantitative estimate of drug-likeness (QED) is 0.538. The van der Waals surface area contributed by atoms with Gasteiger partial charge in [-0.15, -0.1) is 0 Å². The number of halogens is 1. The number of piperidine rings is 1. The van der Waals surface area contributed by atoms with Crippen LogP contribution in [0.1, 0.15) is 78.6 Å². The maximum absolute atomic E-state index is 3.01. The number of nitrogens with zero attached hydrogens (tertiary/aromatic N) is 1. The van der Waals surface area contributed by atoms with E-state index in [0.717, 1.165) is 0 Å². The molecule has 0 aromatic carbocycles. The van der Waals surface area contributed by atoms with Crippen LogP contribution in [0.2, 0.25) is 0 Å². The zero-order chi connectivity index (χ0) is 14.0. The molecule has 0 saturated carbocycles. The van der Waals surface area contributed by atoms with Gasteiger partial charge in [-0.05, 0) is 32.1 Å². The van der Waals surface area contributed by atoms with Gasteiger partial charge in [0.1, 0.15) is 0 Å². The Bertz CT molecular complexity index is 195. The van der Waals surface area contributed by atoms with Gasteiger partial charge in [-0.1, -0.05) is 46.5 Å². The molecule has 1 aliphatic heterocycles. The minimum absolute atomic E-state index is 0. The van der Waals surface area contributed by atoms with E-state index >= 15 is 0 Å². The molecule has 1 rings (SSSR count). The number of rotatable bonds is 10. The van der Waals surface area contributed by atoms with Crippen molar-refractivity contribution in [2.75, 3.05) is 31.6 Å². The molecule has 20 heavy (non-hydrogen) atoms. The lowest BCUT2D eigenvalue weighted by atomic mass is 10.2. The highest BCUT2D eigenvalue weighted by molar-refractivity contribution is 7.73. The van der Waals surface area contributed by atoms with Crippen molar-refractivity contribution in [3.63, 3.8) is 0 Å². The summed E-state index contributed by atoms with van der Waals surface area (Å²) in [4.78, 5) is 0. The molecular weight excluding hydrogens is 329 g/mol. The first kappa shape index (κ1) is 20.9. The minimum Gasteiger partial charge on any atom is -1.00 e. The molecule has 1 fully saturated rings. The van der Waals surface area contributed by atoms with Crippen LogP contribution in [0.25, 0.3) is 0 Å². The van der Waals surface area contributed by atoms with E-state index < -0.39 is 7.41 Å². The Morgan fingerprint density at radius 2 is 1.10 bits per heavy atom. The fourth-order valence-corrected chi connectivity index (χ4v) is 8.78. The molecule has 122 valence electrons. The highest BCUT2D eigenvalue weighted by Crippen LogP contribution is 2.64. The highest BCUT2D eigenvalue weighted by Gasteiger charge is 2.42. The molecule has 0 spiro atoms. The van der Waals surface area contributed by atoms with Crippen LogP contribution >= 0.6 is 7.41 Å². The first-order chi connectivity index (χ1) is 9.29. The summed E-state index contributed by atoms with van der Waals surface area (Å²) in [6, 6.07) is 0. The van der Waals surface area contributed by atoms with E-state index in [1.165, 1.54) is 70.9 Å². The van der Waals surface area contributed by atoms with Crippen molar-refractivity contribution in [3.05, 3.63) is 0 Å². The van der Waals surface area contributed by atoms with E-state index in [-0.39, 0.29) is 17.0 Å². The van der Waals surface area contributed by atoms with Gasteiger partial charge in [0.25, 0.3) is 0 Å². The molecule has 1 saturated heterocycles. The van der Waals surface area contributed by atoms with Crippen LogP contribution in [0.3, 0.4) is 0 Å². The molecule has 0 aromatic heterocycles. The molecule has 0 atom stereocenters. The van der Waals surface area contributed by atoms with Gasteiger partial charge >= 0.3 is 0 Å². The lowest BCUT2D eigenvalue weighted by molar-refractivity contribution is -0.00000441. The molecule has 0 aromatic rings. The topological polar surface area (TPSA) is 3.24 Å². The number of hydrogen-bond acceptors (Lipinski definition) is 1. The Labute approximate surface area is 139 Å². The molecule has 0 aliphatic carbocycles. The van der Waals surface area contributed by atoms with Crippen molar-refractivity contribution in [1.29, 1.82) is 0 Å². The van der Waals surface area contributed by atoms with Gasteiger partial charge in [-0.2, -0.15) is 4.67 Å². The van der Waals surface area contributed by atoms with Gasteiger partial charge in [0.15, 0.2) is 0 Å². The van der Waals surface area contributed by atoms with Crippen molar-refractivity contribution in [2.24, 2.45) is 0 Å². The van der Waals surface area contributed by atoms with E-state index in [9.17, 15) is 0 Å². The van der Waals surface area contributed by atoms with E-state index in [1.807, 2.05) is 0 Å². The van der Waals surface area contributed by atoms with Gasteiger partial charge in [0, 0.05) is 13.1 Å². The molecule has 0 radical (unpaired) electrons. The Morgan fingerprint density at radius 3 is 1.45 bits per heavy atom. The summed E-state index contributed by atoms with van der Waals surface area (Å²) in [5, 5.41) is 0. The molecular formula is C17H37BrNP. The summed E-state index contributed by atoms with van der Waals surface area (Å²) in [7, 11) is -0.788. The predicted octanol–water partition coefficient (Wildman–Crippen LogP) is 2.81. The monoisotopic (exact) mass is 365 g/mol. The molecule has 1 aliphatic rings. The van der Waals surface area contributed by atoms with Crippen LogP contribution in [0.15, 0.2) is 0 Å². The van der Waals surface area contributed by atoms with Crippen molar-refractivity contribution in [1.82, 2.24) is 4.67 Å². The van der Waals surface area contributed by atoms with Crippen LogP contribution in [0.4, 0.5) is 0 Å². The summed E-state index contributed by atoms with van der Waals surface area (Å²) in [6.45, 7) is 9.94. The molecule has 0 bridgehead atoms.